The number of aliphatic hydroxyl groups excluding tert-OH is 1. The van der Waals surface area contributed by atoms with Crippen molar-refractivity contribution in [2.75, 3.05) is 28.4 Å². The molecule has 0 fully saturated rings. The molecule has 0 atom stereocenters. The van der Waals surface area contributed by atoms with Gasteiger partial charge in [0.1, 0.15) is 17.2 Å². The number of pyridine rings is 1. The highest BCUT2D eigenvalue weighted by molar-refractivity contribution is 5.92. The van der Waals surface area contributed by atoms with E-state index >= 15 is 0 Å². The highest BCUT2D eigenvalue weighted by Gasteiger charge is 2.21. The van der Waals surface area contributed by atoms with Gasteiger partial charge in [0.2, 0.25) is 0 Å². The van der Waals surface area contributed by atoms with Crippen LogP contribution in [0.4, 0.5) is 0 Å². The van der Waals surface area contributed by atoms with Crippen LogP contribution in [-0.2, 0) is 0 Å². The van der Waals surface area contributed by atoms with E-state index in [1.165, 1.54) is 12.1 Å². The fourth-order valence-electron chi connectivity index (χ4n) is 4.93. The number of aromatic nitrogens is 1. The van der Waals surface area contributed by atoms with Crippen molar-refractivity contribution in [3.8, 4) is 86.3 Å². The van der Waals surface area contributed by atoms with Gasteiger partial charge in [-0.05, 0) is 77.9 Å². The lowest BCUT2D eigenvalue weighted by Gasteiger charge is -2.19. The van der Waals surface area contributed by atoms with E-state index in [0.717, 1.165) is 18.2 Å². The molecule has 5 aromatic rings. The molecule has 1 N–H and O–H groups in total. The van der Waals surface area contributed by atoms with Gasteiger partial charge < -0.3 is 19.3 Å². The summed E-state index contributed by atoms with van der Waals surface area (Å²) in [5.41, 5.74) is 6.07. The monoisotopic (exact) mass is 605 g/mol. The Hall–Kier alpha value is -6.65. The second-order valence-electron chi connectivity index (χ2n) is 9.66. The van der Waals surface area contributed by atoms with E-state index in [9.17, 15) is 21.0 Å². The maximum Gasteiger partial charge on any atom is 0.123 e. The van der Waals surface area contributed by atoms with Gasteiger partial charge in [0.05, 0.1) is 79.2 Å². The first-order chi connectivity index (χ1) is 22.4. The van der Waals surface area contributed by atoms with E-state index in [4.69, 9.17) is 24.3 Å². The standard InChI is InChI=1S/C36H23N5O3.CH4O/c1-42-30-6-4-5-26(13-30)33-17-34(27-9-22(18-37)7-23(10-27)19-38)35(28-11-24(20-39)8-25(12-28)21-40)41-36(33)29-14-31(43-2)16-32(15-29)44-3;1-2/h4-17H,1-3H3;2H,1H3. The Kier molecular flexibility index (Phi) is 10.3. The normalized spacial score (nSPS) is 9.76. The van der Waals surface area contributed by atoms with Gasteiger partial charge in [0.25, 0.3) is 0 Å². The molecule has 0 saturated heterocycles. The second kappa shape index (κ2) is 14.7. The van der Waals surface area contributed by atoms with Crippen molar-refractivity contribution in [3.63, 3.8) is 0 Å². The van der Waals surface area contributed by atoms with Gasteiger partial charge in [-0.1, -0.05) is 12.1 Å². The van der Waals surface area contributed by atoms with Crippen LogP contribution < -0.4 is 14.2 Å². The highest BCUT2D eigenvalue weighted by atomic mass is 16.5. The lowest BCUT2D eigenvalue weighted by atomic mass is 9.90. The van der Waals surface area contributed by atoms with E-state index in [-0.39, 0.29) is 11.1 Å². The first-order valence-electron chi connectivity index (χ1n) is 13.7. The average Bonchev–Trinajstić information content (AvgIpc) is 3.14. The number of aliphatic hydroxyl groups is 1. The van der Waals surface area contributed by atoms with Crippen LogP contribution in [0.15, 0.2) is 84.9 Å². The van der Waals surface area contributed by atoms with Crippen molar-refractivity contribution in [2.24, 2.45) is 0 Å². The molecule has 1 aromatic heterocycles. The van der Waals surface area contributed by atoms with Gasteiger partial charge in [-0.25, -0.2) is 4.98 Å². The maximum absolute atomic E-state index is 9.75. The second-order valence-corrected chi connectivity index (χ2v) is 9.66. The molecule has 0 aliphatic heterocycles. The quantitative estimate of drug-likeness (QED) is 0.209. The van der Waals surface area contributed by atoms with Crippen molar-refractivity contribution >= 4 is 0 Å². The summed E-state index contributed by atoms with van der Waals surface area (Å²) in [6.45, 7) is 0. The van der Waals surface area contributed by atoms with Gasteiger partial charge in [0.15, 0.2) is 0 Å². The molecular formula is C37H27N5O4. The van der Waals surface area contributed by atoms with Crippen LogP contribution in [0.3, 0.4) is 0 Å². The van der Waals surface area contributed by atoms with E-state index in [1.54, 1.807) is 51.7 Å². The molecule has 0 bridgehead atoms. The third-order valence-corrected chi connectivity index (χ3v) is 7.00. The van der Waals surface area contributed by atoms with Crippen LogP contribution in [0.2, 0.25) is 0 Å². The molecule has 224 valence electrons. The van der Waals surface area contributed by atoms with Gasteiger partial charge in [-0.15, -0.1) is 0 Å². The summed E-state index contributed by atoms with van der Waals surface area (Å²) in [5, 5.41) is 46.0. The lowest BCUT2D eigenvalue weighted by molar-refractivity contribution is 0.394. The molecule has 0 aliphatic carbocycles. The minimum atomic E-state index is 0.289. The largest absolute Gasteiger partial charge is 0.497 e. The predicted octanol–water partition coefficient (Wildman–Crippen LogP) is 6.87. The smallest absolute Gasteiger partial charge is 0.123 e. The summed E-state index contributed by atoms with van der Waals surface area (Å²) in [6.07, 6.45) is 0. The van der Waals surface area contributed by atoms with Gasteiger partial charge in [-0.3, -0.25) is 0 Å². The minimum absolute atomic E-state index is 0.289. The molecule has 0 radical (unpaired) electrons. The third kappa shape index (κ3) is 6.77. The number of nitrogens with zero attached hydrogens (tertiary/aromatic N) is 5. The fraction of sp³-hybridized carbons (Fsp3) is 0.108. The van der Waals surface area contributed by atoms with Crippen LogP contribution in [-0.4, -0.2) is 38.5 Å². The van der Waals surface area contributed by atoms with Crippen LogP contribution in [0, 0.1) is 45.3 Å². The number of hydrogen-bond acceptors (Lipinski definition) is 9. The highest BCUT2D eigenvalue weighted by Crippen LogP contribution is 2.42. The zero-order valence-corrected chi connectivity index (χ0v) is 25.5. The fourth-order valence-corrected chi connectivity index (χ4v) is 4.93. The van der Waals surface area contributed by atoms with Gasteiger partial charge in [-0.2, -0.15) is 21.0 Å². The van der Waals surface area contributed by atoms with E-state index in [1.807, 2.05) is 42.5 Å². The first kappa shape index (κ1) is 32.3. The number of benzene rings is 4. The molecule has 46 heavy (non-hydrogen) atoms. The molecule has 1 heterocycles. The van der Waals surface area contributed by atoms with Crippen LogP contribution >= 0.6 is 0 Å². The van der Waals surface area contributed by atoms with Crippen molar-refractivity contribution in [1.29, 1.82) is 21.0 Å². The topological polar surface area (TPSA) is 156 Å². The number of ether oxygens (including phenoxy) is 3. The molecule has 0 amide bonds. The van der Waals surface area contributed by atoms with Crippen LogP contribution in [0.25, 0.3) is 44.8 Å². The number of rotatable bonds is 7. The van der Waals surface area contributed by atoms with E-state index in [2.05, 4.69) is 24.3 Å². The zero-order chi connectivity index (χ0) is 33.2. The Morgan fingerprint density at radius 2 is 0.891 bits per heavy atom. The summed E-state index contributed by atoms with van der Waals surface area (Å²) >= 11 is 0. The number of methoxy groups -OCH3 is 3. The number of hydrogen-bond donors (Lipinski definition) is 1. The molecule has 4 aromatic carbocycles. The Bertz CT molecular complexity index is 2010. The van der Waals surface area contributed by atoms with Crippen LogP contribution in [0.1, 0.15) is 22.3 Å². The van der Waals surface area contributed by atoms with Gasteiger partial charge in [0, 0.05) is 35.4 Å². The molecule has 0 unspecified atom stereocenters. The minimum Gasteiger partial charge on any atom is -0.497 e. The number of nitriles is 4. The molecule has 0 spiro atoms. The maximum atomic E-state index is 9.75. The summed E-state index contributed by atoms with van der Waals surface area (Å²) in [7, 11) is 5.72. The van der Waals surface area contributed by atoms with Gasteiger partial charge >= 0.3 is 0 Å². The molecule has 0 saturated carbocycles. The Balaban J connectivity index is 0.00000235. The molecule has 5 rings (SSSR count). The van der Waals surface area contributed by atoms with Crippen LogP contribution in [0.5, 0.6) is 17.2 Å². The average molecular weight is 606 g/mol. The van der Waals surface area contributed by atoms with E-state index in [0.29, 0.717) is 62.0 Å². The molecular weight excluding hydrogens is 578 g/mol. The Morgan fingerprint density at radius 3 is 1.35 bits per heavy atom. The van der Waals surface area contributed by atoms with E-state index < -0.39 is 0 Å². The summed E-state index contributed by atoms with van der Waals surface area (Å²) in [4.78, 5) is 5.20. The Morgan fingerprint density at radius 1 is 0.478 bits per heavy atom. The molecule has 9 heteroatoms. The summed E-state index contributed by atoms with van der Waals surface area (Å²) in [5.74, 6) is 1.75. The molecule has 0 aliphatic rings. The van der Waals surface area contributed by atoms with Crippen molar-refractivity contribution in [3.05, 3.63) is 107 Å². The zero-order valence-electron chi connectivity index (χ0n) is 25.5. The van der Waals surface area contributed by atoms with Crippen molar-refractivity contribution < 1.29 is 19.3 Å². The Labute approximate surface area is 267 Å². The van der Waals surface area contributed by atoms with Crippen molar-refractivity contribution in [1.82, 2.24) is 4.98 Å². The lowest BCUT2D eigenvalue weighted by Crippen LogP contribution is -1.99. The molecule has 9 nitrogen and oxygen atoms in total. The third-order valence-electron chi connectivity index (χ3n) is 7.00. The van der Waals surface area contributed by atoms with Crippen molar-refractivity contribution in [2.45, 2.75) is 0 Å². The SMILES string of the molecule is CO.COc1cccc(-c2cc(-c3cc(C#N)cc(C#N)c3)c(-c3cc(C#N)cc(C#N)c3)nc2-c2cc(OC)cc(OC)c2)c1. The summed E-state index contributed by atoms with van der Waals surface area (Å²) < 4.78 is 16.6. The summed E-state index contributed by atoms with van der Waals surface area (Å²) in [6, 6.07) is 33.1. The first-order valence-corrected chi connectivity index (χ1v) is 13.7. The predicted molar refractivity (Wildman–Crippen MR) is 173 cm³/mol.